The van der Waals surface area contributed by atoms with Crippen LogP contribution in [-0.2, 0) is 6.42 Å². The molecule has 1 rings (SSSR count). The van der Waals surface area contributed by atoms with Gasteiger partial charge in [-0.25, -0.2) is 0 Å². The molecule has 0 aliphatic rings. The van der Waals surface area contributed by atoms with E-state index >= 15 is 0 Å². The molecule has 72 valence electrons. The molecule has 0 aromatic carbocycles. The van der Waals surface area contributed by atoms with Gasteiger partial charge < -0.3 is 4.74 Å². The molecule has 0 saturated heterocycles. The predicted molar refractivity (Wildman–Crippen MR) is 40.3 cm³/mol. The Balaban J connectivity index is 2.87. The molecule has 1 aromatic rings. The van der Waals surface area contributed by atoms with Crippen molar-refractivity contribution in [3.8, 4) is 5.75 Å². The largest absolute Gasteiger partial charge is 0.573 e. The van der Waals surface area contributed by atoms with Gasteiger partial charge in [0.25, 0.3) is 0 Å². The van der Waals surface area contributed by atoms with Crippen LogP contribution in [0.15, 0.2) is 18.5 Å². The van der Waals surface area contributed by atoms with E-state index in [1.165, 1.54) is 12.3 Å². The van der Waals surface area contributed by atoms with Gasteiger partial charge in [0.15, 0.2) is 5.75 Å². The van der Waals surface area contributed by atoms with E-state index in [1.807, 2.05) is 0 Å². The van der Waals surface area contributed by atoms with Crippen LogP contribution in [-0.4, -0.2) is 11.3 Å². The van der Waals surface area contributed by atoms with E-state index in [4.69, 9.17) is 0 Å². The average molecular weight is 191 g/mol. The Morgan fingerprint density at radius 3 is 2.69 bits per heavy atom. The molecule has 2 nitrogen and oxygen atoms in total. The summed E-state index contributed by atoms with van der Waals surface area (Å²) in [5, 5.41) is 0. The third-order valence-electron chi connectivity index (χ3n) is 1.48. The minimum Gasteiger partial charge on any atom is -0.404 e. The van der Waals surface area contributed by atoms with Crippen molar-refractivity contribution in [3.05, 3.63) is 24.0 Å². The Morgan fingerprint density at radius 2 is 2.15 bits per heavy atom. The number of nitrogens with zero attached hydrogens (tertiary/aromatic N) is 1. The van der Waals surface area contributed by atoms with Gasteiger partial charge in [-0.3, -0.25) is 4.98 Å². The third kappa shape index (κ3) is 2.93. The van der Waals surface area contributed by atoms with Crippen molar-refractivity contribution < 1.29 is 17.9 Å². The van der Waals surface area contributed by atoms with Gasteiger partial charge in [-0.2, -0.15) is 0 Å². The van der Waals surface area contributed by atoms with Gasteiger partial charge in [0, 0.05) is 6.20 Å². The van der Waals surface area contributed by atoms with Crippen molar-refractivity contribution in [2.45, 2.75) is 19.7 Å². The molecule has 0 spiro atoms. The molecular weight excluding hydrogens is 183 g/mol. The van der Waals surface area contributed by atoms with Gasteiger partial charge >= 0.3 is 6.36 Å². The number of aryl methyl sites for hydroxylation is 1. The number of hydrogen-bond acceptors (Lipinski definition) is 2. The van der Waals surface area contributed by atoms with E-state index in [0.717, 1.165) is 6.20 Å². The van der Waals surface area contributed by atoms with Crippen molar-refractivity contribution in [2.75, 3.05) is 0 Å². The number of pyridine rings is 1. The lowest BCUT2D eigenvalue weighted by molar-refractivity contribution is -0.275. The molecule has 0 atom stereocenters. The molecule has 0 amide bonds. The first-order valence-corrected chi connectivity index (χ1v) is 3.71. The molecule has 0 N–H and O–H groups in total. The highest BCUT2D eigenvalue weighted by Crippen LogP contribution is 2.25. The van der Waals surface area contributed by atoms with Crippen LogP contribution in [0.3, 0.4) is 0 Å². The second-order valence-corrected chi connectivity index (χ2v) is 2.38. The lowest BCUT2D eigenvalue weighted by Crippen LogP contribution is -2.18. The number of hydrogen-bond donors (Lipinski definition) is 0. The second-order valence-electron chi connectivity index (χ2n) is 2.38. The topological polar surface area (TPSA) is 22.1 Å². The first-order valence-electron chi connectivity index (χ1n) is 3.71. The van der Waals surface area contributed by atoms with Crippen LogP contribution in [0, 0.1) is 0 Å². The smallest absolute Gasteiger partial charge is 0.404 e. The Hall–Kier alpha value is -1.26. The van der Waals surface area contributed by atoms with E-state index in [1.54, 1.807) is 6.92 Å². The van der Waals surface area contributed by atoms with Crippen molar-refractivity contribution in [3.63, 3.8) is 0 Å². The van der Waals surface area contributed by atoms with Crippen molar-refractivity contribution in [1.29, 1.82) is 0 Å². The van der Waals surface area contributed by atoms with Crippen LogP contribution in [0.5, 0.6) is 5.75 Å². The zero-order chi connectivity index (χ0) is 9.90. The lowest BCUT2D eigenvalue weighted by Gasteiger charge is -2.10. The summed E-state index contributed by atoms with van der Waals surface area (Å²) in [4.78, 5) is 3.55. The number of aromatic nitrogens is 1. The quantitative estimate of drug-likeness (QED) is 0.716. The van der Waals surface area contributed by atoms with Crippen LogP contribution in [0.2, 0.25) is 0 Å². The zero-order valence-corrected chi connectivity index (χ0v) is 6.93. The summed E-state index contributed by atoms with van der Waals surface area (Å²) in [6.45, 7) is 1.75. The standard InChI is InChI=1S/C8H8F3NO/c1-2-6-3-4-12-5-7(6)13-8(9,10)11/h3-5H,2H2,1H3. The number of ether oxygens (including phenoxy) is 1. The van der Waals surface area contributed by atoms with E-state index in [0.29, 0.717) is 12.0 Å². The highest BCUT2D eigenvalue weighted by molar-refractivity contribution is 5.29. The van der Waals surface area contributed by atoms with Crippen molar-refractivity contribution >= 4 is 0 Å². The minimum atomic E-state index is -4.65. The fourth-order valence-electron chi connectivity index (χ4n) is 0.917. The molecule has 1 heterocycles. The lowest BCUT2D eigenvalue weighted by atomic mass is 10.2. The summed E-state index contributed by atoms with van der Waals surface area (Å²) in [5.41, 5.74) is 0.493. The Kier molecular flexibility index (Phi) is 2.75. The first-order chi connectivity index (χ1) is 6.03. The summed E-state index contributed by atoms with van der Waals surface area (Å²) >= 11 is 0. The summed E-state index contributed by atoms with van der Waals surface area (Å²) in [7, 11) is 0. The molecule has 0 saturated carbocycles. The molecule has 0 bridgehead atoms. The molecule has 0 fully saturated rings. The Labute approximate surface area is 73.4 Å². The first kappa shape index (κ1) is 9.83. The molecule has 0 unspecified atom stereocenters. The summed E-state index contributed by atoms with van der Waals surface area (Å²) in [6, 6.07) is 1.50. The maximum absolute atomic E-state index is 11.8. The monoisotopic (exact) mass is 191 g/mol. The number of alkyl halides is 3. The third-order valence-corrected chi connectivity index (χ3v) is 1.48. The minimum absolute atomic E-state index is 0.225. The summed E-state index contributed by atoms with van der Waals surface area (Å²) in [5.74, 6) is -0.225. The molecule has 0 radical (unpaired) electrons. The van der Waals surface area contributed by atoms with Gasteiger partial charge in [-0.15, -0.1) is 13.2 Å². The highest BCUT2D eigenvalue weighted by atomic mass is 19.4. The zero-order valence-electron chi connectivity index (χ0n) is 6.93. The summed E-state index contributed by atoms with van der Waals surface area (Å²) < 4.78 is 39.2. The number of halogens is 3. The van der Waals surface area contributed by atoms with Gasteiger partial charge in [0.05, 0.1) is 6.20 Å². The normalized spacial score (nSPS) is 11.4. The van der Waals surface area contributed by atoms with E-state index < -0.39 is 6.36 Å². The molecule has 0 aliphatic heterocycles. The highest BCUT2D eigenvalue weighted by Gasteiger charge is 2.31. The summed E-state index contributed by atoms with van der Waals surface area (Å²) in [6.07, 6.45) is -1.67. The van der Waals surface area contributed by atoms with Crippen LogP contribution in [0.4, 0.5) is 13.2 Å². The van der Waals surface area contributed by atoms with Crippen LogP contribution in [0.25, 0.3) is 0 Å². The van der Waals surface area contributed by atoms with E-state index in [9.17, 15) is 13.2 Å². The Bertz CT molecular complexity index is 285. The second kappa shape index (κ2) is 3.64. The average Bonchev–Trinajstić information content (AvgIpc) is 2.02. The van der Waals surface area contributed by atoms with Crippen LogP contribution >= 0.6 is 0 Å². The van der Waals surface area contributed by atoms with Gasteiger partial charge in [0.1, 0.15) is 0 Å². The molecule has 1 aromatic heterocycles. The fraction of sp³-hybridized carbons (Fsp3) is 0.375. The van der Waals surface area contributed by atoms with Gasteiger partial charge in [0.2, 0.25) is 0 Å². The van der Waals surface area contributed by atoms with Crippen molar-refractivity contribution in [2.24, 2.45) is 0 Å². The van der Waals surface area contributed by atoms with Gasteiger partial charge in [-0.05, 0) is 18.1 Å². The van der Waals surface area contributed by atoms with Crippen LogP contribution < -0.4 is 4.74 Å². The molecule has 13 heavy (non-hydrogen) atoms. The van der Waals surface area contributed by atoms with E-state index in [-0.39, 0.29) is 5.75 Å². The molecule has 0 aliphatic carbocycles. The molecular formula is C8H8F3NO. The van der Waals surface area contributed by atoms with Gasteiger partial charge in [-0.1, -0.05) is 6.92 Å². The predicted octanol–water partition coefficient (Wildman–Crippen LogP) is 2.54. The SMILES string of the molecule is CCc1ccncc1OC(F)(F)F. The fourth-order valence-corrected chi connectivity index (χ4v) is 0.917. The number of rotatable bonds is 2. The molecule has 5 heteroatoms. The van der Waals surface area contributed by atoms with Crippen LogP contribution in [0.1, 0.15) is 12.5 Å². The van der Waals surface area contributed by atoms with Crippen molar-refractivity contribution in [1.82, 2.24) is 4.98 Å². The Morgan fingerprint density at radius 1 is 1.46 bits per heavy atom. The maximum Gasteiger partial charge on any atom is 0.573 e. The van der Waals surface area contributed by atoms with E-state index in [2.05, 4.69) is 9.72 Å². The maximum atomic E-state index is 11.8.